The van der Waals surface area contributed by atoms with E-state index in [1.807, 2.05) is 20.8 Å². The maximum absolute atomic E-state index is 11.7. The molecule has 0 saturated carbocycles. The van der Waals surface area contributed by atoms with Crippen LogP contribution in [-0.4, -0.2) is 19.3 Å². The molecule has 0 aliphatic rings. The summed E-state index contributed by atoms with van der Waals surface area (Å²) in [6.07, 6.45) is -4.53. The zero-order valence-corrected chi connectivity index (χ0v) is 8.46. The summed E-state index contributed by atoms with van der Waals surface area (Å²) in [5.41, 5.74) is 0.137. The first-order valence-corrected chi connectivity index (χ1v) is 4.48. The number of alkyl halides is 3. The van der Waals surface area contributed by atoms with E-state index in [1.165, 1.54) is 0 Å². The maximum Gasteiger partial charge on any atom is 0.389 e. The van der Waals surface area contributed by atoms with E-state index in [1.54, 1.807) is 0 Å². The van der Waals surface area contributed by atoms with Crippen LogP contribution in [0.1, 0.15) is 33.6 Å². The van der Waals surface area contributed by atoms with Gasteiger partial charge in [0, 0.05) is 6.42 Å². The van der Waals surface area contributed by atoms with E-state index in [0.717, 1.165) is 6.54 Å². The van der Waals surface area contributed by atoms with Crippen LogP contribution in [0, 0.1) is 5.41 Å². The van der Waals surface area contributed by atoms with Gasteiger partial charge in [-0.2, -0.15) is 13.2 Å². The Morgan fingerprint density at radius 3 is 2.00 bits per heavy atom. The van der Waals surface area contributed by atoms with E-state index in [4.69, 9.17) is 0 Å². The number of halogens is 3. The fourth-order valence-corrected chi connectivity index (χ4v) is 0.877. The van der Waals surface area contributed by atoms with Gasteiger partial charge < -0.3 is 5.32 Å². The Morgan fingerprint density at radius 2 is 1.62 bits per heavy atom. The normalized spacial score (nSPS) is 13.4. The average molecular weight is 197 g/mol. The molecule has 0 radical (unpaired) electrons. The van der Waals surface area contributed by atoms with Crippen molar-refractivity contribution < 1.29 is 13.2 Å². The molecule has 0 fully saturated rings. The predicted molar refractivity (Wildman–Crippen MR) is 47.6 cm³/mol. The molecule has 0 unspecified atom stereocenters. The van der Waals surface area contributed by atoms with Gasteiger partial charge in [0.15, 0.2) is 0 Å². The lowest BCUT2D eigenvalue weighted by atomic mass is 9.97. The van der Waals surface area contributed by atoms with Crippen LogP contribution in [0.25, 0.3) is 0 Å². The molecule has 0 aliphatic carbocycles. The first-order valence-electron chi connectivity index (χ1n) is 4.48. The van der Waals surface area contributed by atoms with Crippen LogP contribution in [0.5, 0.6) is 0 Å². The van der Waals surface area contributed by atoms with Crippen LogP contribution in [-0.2, 0) is 0 Å². The molecule has 0 aromatic carbocycles. The monoisotopic (exact) mass is 197 g/mol. The van der Waals surface area contributed by atoms with Crippen molar-refractivity contribution >= 4 is 0 Å². The van der Waals surface area contributed by atoms with Crippen LogP contribution in [0.4, 0.5) is 13.2 Å². The molecule has 0 bridgehead atoms. The first kappa shape index (κ1) is 12.8. The van der Waals surface area contributed by atoms with Crippen LogP contribution in [0.15, 0.2) is 0 Å². The number of hydrogen-bond donors (Lipinski definition) is 1. The lowest BCUT2D eigenvalue weighted by Gasteiger charge is -2.18. The third-order valence-electron chi connectivity index (χ3n) is 1.47. The fourth-order valence-electron chi connectivity index (χ4n) is 0.877. The summed E-state index contributed by atoms with van der Waals surface area (Å²) < 4.78 is 35.1. The molecular formula is C9H18F3N. The largest absolute Gasteiger partial charge is 0.389 e. The Hall–Kier alpha value is -0.250. The lowest BCUT2D eigenvalue weighted by Crippen LogP contribution is -2.28. The highest BCUT2D eigenvalue weighted by molar-refractivity contribution is 4.65. The first-order chi connectivity index (χ1) is 5.71. The van der Waals surface area contributed by atoms with E-state index in [2.05, 4.69) is 5.32 Å². The van der Waals surface area contributed by atoms with Crippen LogP contribution < -0.4 is 5.32 Å². The molecule has 0 aliphatic heterocycles. The van der Waals surface area contributed by atoms with Crippen LogP contribution in [0.2, 0.25) is 0 Å². The number of hydrogen-bond acceptors (Lipinski definition) is 1. The minimum absolute atomic E-state index is 0.137. The van der Waals surface area contributed by atoms with E-state index in [0.29, 0.717) is 6.54 Å². The van der Waals surface area contributed by atoms with Crippen molar-refractivity contribution in [1.82, 2.24) is 5.32 Å². The Morgan fingerprint density at radius 1 is 1.08 bits per heavy atom. The number of nitrogens with one attached hydrogen (secondary N) is 1. The maximum atomic E-state index is 11.7. The summed E-state index contributed by atoms with van der Waals surface area (Å²) in [4.78, 5) is 0. The van der Waals surface area contributed by atoms with Gasteiger partial charge in [0.2, 0.25) is 0 Å². The molecule has 0 spiro atoms. The van der Waals surface area contributed by atoms with Crippen molar-refractivity contribution in [3.63, 3.8) is 0 Å². The molecule has 0 saturated heterocycles. The molecular weight excluding hydrogens is 179 g/mol. The summed E-state index contributed by atoms with van der Waals surface area (Å²) in [5.74, 6) is 0. The van der Waals surface area contributed by atoms with Crippen molar-refractivity contribution in [2.75, 3.05) is 13.1 Å². The molecule has 4 heteroatoms. The fraction of sp³-hybridized carbons (Fsp3) is 1.00. The van der Waals surface area contributed by atoms with Gasteiger partial charge in [-0.3, -0.25) is 0 Å². The number of rotatable bonds is 4. The second-order valence-corrected chi connectivity index (χ2v) is 4.46. The van der Waals surface area contributed by atoms with E-state index >= 15 is 0 Å². The standard InChI is InChI=1S/C9H18F3N/c1-8(2,3)7-13-6-4-5-9(10,11)12/h13H,4-7H2,1-3H3. The van der Waals surface area contributed by atoms with Crippen molar-refractivity contribution in [3.8, 4) is 0 Å². The van der Waals surface area contributed by atoms with E-state index in [-0.39, 0.29) is 11.8 Å². The molecule has 0 aromatic rings. The Labute approximate surface area is 77.7 Å². The van der Waals surface area contributed by atoms with Crippen molar-refractivity contribution in [2.45, 2.75) is 39.8 Å². The Kier molecular flexibility index (Phi) is 4.75. The summed E-state index contributed by atoms with van der Waals surface area (Å²) in [6.45, 7) is 7.33. The topological polar surface area (TPSA) is 12.0 Å². The van der Waals surface area contributed by atoms with Gasteiger partial charge >= 0.3 is 6.18 Å². The molecule has 0 heterocycles. The molecule has 13 heavy (non-hydrogen) atoms. The summed E-state index contributed by atoms with van der Waals surface area (Å²) in [7, 11) is 0. The molecule has 80 valence electrons. The van der Waals surface area contributed by atoms with Gasteiger partial charge in [-0.25, -0.2) is 0 Å². The van der Waals surface area contributed by atoms with Crippen molar-refractivity contribution in [3.05, 3.63) is 0 Å². The zero-order valence-electron chi connectivity index (χ0n) is 8.46. The van der Waals surface area contributed by atoms with Gasteiger partial charge in [-0.15, -0.1) is 0 Å². The van der Waals surface area contributed by atoms with Crippen molar-refractivity contribution in [2.24, 2.45) is 5.41 Å². The molecule has 0 atom stereocenters. The van der Waals surface area contributed by atoms with Gasteiger partial charge in [-0.05, 0) is 24.9 Å². The second kappa shape index (κ2) is 4.84. The van der Waals surface area contributed by atoms with Gasteiger partial charge in [0.1, 0.15) is 0 Å². The molecule has 1 nitrogen and oxygen atoms in total. The highest BCUT2D eigenvalue weighted by Crippen LogP contribution is 2.20. The zero-order chi connectivity index (χ0) is 10.5. The second-order valence-electron chi connectivity index (χ2n) is 4.46. The Balaban J connectivity index is 3.28. The highest BCUT2D eigenvalue weighted by atomic mass is 19.4. The molecule has 0 rings (SSSR count). The average Bonchev–Trinajstić information content (AvgIpc) is 1.81. The third-order valence-corrected chi connectivity index (χ3v) is 1.47. The molecule has 0 aromatic heterocycles. The molecule has 0 amide bonds. The van der Waals surface area contributed by atoms with Gasteiger partial charge in [0.25, 0.3) is 0 Å². The summed E-state index contributed by atoms with van der Waals surface area (Å²) in [6, 6.07) is 0. The van der Waals surface area contributed by atoms with Gasteiger partial charge in [0.05, 0.1) is 0 Å². The minimum Gasteiger partial charge on any atom is -0.316 e. The Bertz CT molecular complexity index is 119. The van der Waals surface area contributed by atoms with E-state index in [9.17, 15) is 13.2 Å². The predicted octanol–water partition coefficient (Wildman–Crippen LogP) is 2.96. The van der Waals surface area contributed by atoms with E-state index < -0.39 is 12.6 Å². The van der Waals surface area contributed by atoms with Crippen molar-refractivity contribution in [1.29, 1.82) is 0 Å². The van der Waals surface area contributed by atoms with Crippen LogP contribution in [0.3, 0.4) is 0 Å². The van der Waals surface area contributed by atoms with Gasteiger partial charge in [-0.1, -0.05) is 20.8 Å². The highest BCUT2D eigenvalue weighted by Gasteiger charge is 2.25. The summed E-state index contributed by atoms with van der Waals surface area (Å²) >= 11 is 0. The summed E-state index contributed by atoms with van der Waals surface area (Å²) in [5, 5.41) is 3.00. The third kappa shape index (κ3) is 11.8. The minimum atomic E-state index is -4.01. The molecule has 1 N–H and O–H groups in total. The lowest BCUT2D eigenvalue weighted by molar-refractivity contribution is -0.135. The quantitative estimate of drug-likeness (QED) is 0.683. The SMILES string of the molecule is CC(C)(C)CNCCCC(F)(F)F. The smallest absolute Gasteiger partial charge is 0.316 e. The van der Waals surface area contributed by atoms with Crippen LogP contribution >= 0.6 is 0 Å².